The first-order valence-electron chi connectivity index (χ1n) is 6.86. The van der Waals surface area contributed by atoms with Gasteiger partial charge in [-0.25, -0.2) is 4.98 Å². The van der Waals surface area contributed by atoms with Gasteiger partial charge in [0.05, 0.1) is 10.6 Å². The van der Waals surface area contributed by atoms with Crippen LogP contribution in [-0.2, 0) is 4.74 Å². The van der Waals surface area contributed by atoms with Gasteiger partial charge < -0.3 is 15.4 Å². The van der Waals surface area contributed by atoms with Gasteiger partial charge in [0.1, 0.15) is 5.82 Å². The maximum absolute atomic E-state index is 5.70. The van der Waals surface area contributed by atoms with E-state index in [1.54, 1.807) is 6.20 Å². The van der Waals surface area contributed by atoms with E-state index in [2.05, 4.69) is 43.5 Å². The first-order valence-corrected chi connectivity index (χ1v) is 7.65. The number of nitrogens with zero attached hydrogens (tertiary/aromatic N) is 2. The zero-order valence-corrected chi connectivity index (χ0v) is 13.0. The van der Waals surface area contributed by atoms with E-state index in [-0.39, 0.29) is 0 Å². The number of rotatable bonds is 6. The molecule has 19 heavy (non-hydrogen) atoms. The average molecular weight is 329 g/mol. The Hall–Kier alpha value is -0.880. The highest BCUT2D eigenvalue weighted by Crippen LogP contribution is 2.25. The van der Waals surface area contributed by atoms with E-state index in [0.717, 1.165) is 42.8 Å². The highest BCUT2D eigenvalue weighted by atomic mass is 79.9. The molecule has 0 amide bonds. The summed E-state index contributed by atoms with van der Waals surface area (Å²) in [5.74, 6) is 2.06. The van der Waals surface area contributed by atoms with Crippen molar-refractivity contribution in [3.63, 3.8) is 0 Å². The third-order valence-electron chi connectivity index (χ3n) is 3.36. The van der Waals surface area contributed by atoms with Crippen LogP contribution in [-0.4, -0.2) is 35.8 Å². The van der Waals surface area contributed by atoms with E-state index in [4.69, 9.17) is 4.74 Å². The van der Waals surface area contributed by atoms with Crippen LogP contribution in [0.25, 0.3) is 0 Å². The fourth-order valence-electron chi connectivity index (χ4n) is 2.34. The molecule has 106 valence electrons. The summed E-state index contributed by atoms with van der Waals surface area (Å²) < 4.78 is 6.59. The zero-order valence-electron chi connectivity index (χ0n) is 11.4. The summed E-state index contributed by atoms with van der Waals surface area (Å²) in [6.45, 7) is 6.78. The summed E-state index contributed by atoms with van der Waals surface area (Å²) in [7, 11) is 0. The molecule has 6 heteroatoms. The van der Waals surface area contributed by atoms with Gasteiger partial charge in [-0.05, 0) is 35.7 Å². The minimum Gasteiger partial charge on any atom is -0.378 e. The van der Waals surface area contributed by atoms with Crippen molar-refractivity contribution in [2.75, 3.05) is 30.3 Å². The lowest BCUT2D eigenvalue weighted by Gasteiger charge is -2.18. The summed E-state index contributed by atoms with van der Waals surface area (Å²) in [4.78, 5) is 8.66. The summed E-state index contributed by atoms with van der Waals surface area (Å²) >= 11 is 3.48. The third kappa shape index (κ3) is 3.79. The number of halogens is 1. The van der Waals surface area contributed by atoms with Gasteiger partial charge in [0.2, 0.25) is 5.95 Å². The second kappa shape index (κ2) is 7.05. The smallest absolute Gasteiger partial charge is 0.224 e. The minimum atomic E-state index is 0.376. The largest absolute Gasteiger partial charge is 0.378 e. The number of hydrogen-bond donors (Lipinski definition) is 2. The van der Waals surface area contributed by atoms with Crippen molar-refractivity contribution in [2.24, 2.45) is 5.92 Å². The third-order valence-corrected chi connectivity index (χ3v) is 3.94. The molecular weight excluding hydrogens is 308 g/mol. The van der Waals surface area contributed by atoms with E-state index in [0.29, 0.717) is 18.0 Å². The van der Waals surface area contributed by atoms with Gasteiger partial charge in [-0.15, -0.1) is 0 Å². The molecule has 0 spiro atoms. The Morgan fingerprint density at radius 2 is 2.26 bits per heavy atom. The molecule has 0 saturated carbocycles. The van der Waals surface area contributed by atoms with Crippen LogP contribution in [0.2, 0.25) is 0 Å². The second-order valence-electron chi connectivity index (χ2n) is 4.67. The van der Waals surface area contributed by atoms with Crippen molar-refractivity contribution in [3.05, 3.63) is 10.7 Å². The lowest BCUT2D eigenvalue weighted by molar-refractivity contribution is 0.0900. The van der Waals surface area contributed by atoms with Crippen LogP contribution in [0.1, 0.15) is 26.7 Å². The Balaban J connectivity index is 1.96. The molecule has 1 aliphatic rings. The Labute approximate surface area is 122 Å². The number of ether oxygens (including phenoxy) is 1. The topological polar surface area (TPSA) is 59.1 Å². The molecule has 2 rings (SSSR count). The number of hydrogen-bond acceptors (Lipinski definition) is 5. The molecule has 1 aliphatic heterocycles. The van der Waals surface area contributed by atoms with Crippen LogP contribution >= 0.6 is 15.9 Å². The SMILES string of the molecule is CCNc1ncc(Br)c(NCC2CCOC2CC)n1. The summed E-state index contributed by atoms with van der Waals surface area (Å²) in [6, 6.07) is 0. The second-order valence-corrected chi connectivity index (χ2v) is 5.52. The fraction of sp³-hybridized carbons (Fsp3) is 0.692. The van der Waals surface area contributed by atoms with Crippen molar-refractivity contribution in [1.82, 2.24) is 9.97 Å². The highest BCUT2D eigenvalue weighted by Gasteiger charge is 2.26. The molecule has 2 atom stereocenters. The van der Waals surface area contributed by atoms with E-state index in [9.17, 15) is 0 Å². The van der Waals surface area contributed by atoms with Crippen LogP contribution in [0.3, 0.4) is 0 Å². The van der Waals surface area contributed by atoms with E-state index < -0.39 is 0 Å². The van der Waals surface area contributed by atoms with Crippen LogP contribution in [0.5, 0.6) is 0 Å². The number of anilines is 2. The van der Waals surface area contributed by atoms with Gasteiger partial charge in [0, 0.05) is 31.8 Å². The first kappa shape index (κ1) is 14.5. The van der Waals surface area contributed by atoms with Crippen molar-refractivity contribution < 1.29 is 4.74 Å². The van der Waals surface area contributed by atoms with E-state index in [1.807, 2.05) is 6.92 Å². The molecule has 1 saturated heterocycles. The van der Waals surface area contributed by atoms with Gasteiger partial charge >= 0.3 is 0 Å². The molecule has 2 unspecified atom stereocenters. The van der Waals surface area contributed by atoms with Crippen LogP contribution in [0, 0.1) is 5.92 Å². The molecule has 1 fully saturated rings. The summed E-state index contributed by atoms with van der Waals surface area (Å²) in [6.07, 6.45) is 4.34. The molecule has 0 bridgehead atoms. The highest BCUT2D eigenvalue weighted by molar-refractivity contribution is 9.10. The van der Waals surface area contributed by atoms with Gasteiger partial charge in [0.15, 0.2) is 0 Å². The lowest BCUT2D eigenvalue weighted by atomic mass is 10.00. The number of aromatic nitrogens is 2. The molecule has 1 aromatic heterocycles. The predicted molar refractivity (Wildman–Crippen MR) is 80.5 cm³/mol. The Bertz CT molecular complexity index is 416. The van der Waals surface area contributed by atoms with Crippen LogP contribution in [0.15, 0.2) is 10.7 Å². The maximum atomic E-state index is 5.70. The van der Waals surface area contributed by atoms with Gasteiger partial charge in [-0.1, -0.05) is 6.92 Å². The van der Waals surface area contributed by atoms with Gasteiger partial charge in [-0.3, -0.25) is 0 Å². The van der Waals surface area contributed by atoms with Gasteiger partial charge in [-0.2, -0.15) is 4.98 Å². The molecule has 0 radical (unpaired) electrons. The van der Waals surface area contributed by atoms with E-state index >= 15 is 0 Å². The predicted octanol–water partition coefficient (Wildman–Crippen LogP) is 2.90. The fourth-order valence-corrected chi connectivity index (χ4v) is 2.67. The normalized spacial score (nSPS) is 22.5. The minimum absolute atomic E-state index is 0.376. The monoisotopic (exact) mass is 328 g/mol. The standard InChI is InChI=1S/C13H21BrN4O/c1-3-11-9(5-6-19-11)7-16-12-10(14)8-17-13(18-12)15-4-2/h8-9,11H,3-7H2,1-2H3,(H2,15,16,17,18). The maximum Gasteiger partial charge on any atom is 0.224 e. The molecule has 5 nitrogen and oxygen atoms in total. The van der Waals surface area contributed by atoms with Crippen molar-refractivity contribution in [3.8, 4) is 0 Å². The van der Waals surface area contributed by atoms with Crippen molar-refractivity contribution in [2.45, 2.75) is 32.8 Å². The Morgan fingerprint density at radius 3 is 3.00 bits per heavy atom. The van der Waals surface area contributed by atoms with Crippen molar-refractivity contribution in [1.29, 1.82) is 0 Å². The Morgan fingerprint density at radius 1 is 1.42 bits per heavy atom. The van der Waals surface area contributed by atoms with Gasteiger partial charge in [0.25, 0.3) is 0 Å². The average Bonchev–Trinajstić information content (AvgIpc) is 2.87. The summed E-state index contributed by atoms with van der Waals surface area (Å²) in [5.41, 5.74) is 0. The zero-order chi connectivity index (χ0) is 13.7. The molecule has 1 aromatic rings. The lowest BCUT2D eigenvalue weighted by Crippen LogP contribution is -2.23. The molecule has 0 aliphatic carbocycles. The molecule has 2 N–H and O–H groups in total. The molecular formula is C13H21BrN4O. The van der Waals surface area contributed by atoms with Crippen LogP contribution < -0.4 is 10.6 Å². The van der Waals surface area contributed by atoms with Crippen LogP contribution in [0.4, 0.5) is 11.8 Å². The molecule has 2 heterocycles. The summed E-state index contributed by atoms with van der Waals surface area (Å²) in [5, 5.41) is 6.52. The van der Waals surface area contributed by atoms with E-state index in [1.165, 1.54) is 0 Å². The quantitative estimate of drug-likeness (QED) is 0.840. The van der Waals surface area contributed by atoms with Crippen molar-refractivity contribution >= 4 is 27.7 Å². The first-order chi connectivity index (χ1) is 9.24. The molecule has 0 aromatic carbocycles. The Kier molecular flexibility index (Phi) is 5.39. The number of nitrogens with one attached hydrogen (secondary N) is 2.